The number of benzene rings is 2. The molecule has 154 valence electrons. The van der Waals surface area contributed by atoms with Gasteiger partial charge in [-0.15, -0.1) is 0 Å². The van der Waals surface area contributed by atoms with Gasteiger partial charge in [-0.05, 0) is 30.8 Å². The number of nitro benzene ring substituents is 1. The van der Waals surface area contributed by atoms with Crippen LogP contribution in [-0.2, 0) is 9.59 Å². The van der Waals surface area contributed by atoms with Crippen LogP contribution in [0.2, 0.25) is 0 Å². The van der Waals surface area contributed by atoms with E-state index < -0.39 is 4.92 Å². The van der Waals surface area contributed by atoms with Crippen molar-refractivity contribution in [3.8, 4) is 5.75 Å². The average Bonchev–Trinajstić information content (AvgIpc) is 2.72. The van der Waals surface area contributed by atoms with Gasteiger partial charge in [-0.25, -0.2) is 0 Å². The number of ether oxygens (including phenoxy) is 1. The largest absolute Gasteiger partial charge is 0.495 e. The molecule has 0 atom stereocenters. The molecule has 0 spiro atoms. The molecule has 9 nitrogen and oxygen atoms in total. The van der Waals surface area contributed by atoms with Crippen molar-refractivity contribution in [2.45, 2.75) is 6.92 Å². The zero-order chi connectivity index (χ0) is 21.4. The van der Waals surface area contributed by atoms with E-state index in [4.69, 9.17) is 4.74 Å². The fourth-order valence-electron chi connectivity index (χ4n) is 2.66. The first-order valence-corrected chi connectivity index (χ1v) is 9.02. The number of anilines is 2. The van der Waals surface area contributed by atoms with Gasteiger partial charge in [0.1, 0.15) is 5.75 Å². The molecule has 0 saturated carbocycles. The Balaban J connectivity index is 1.96. The lowest BCUT2D eigenvalue weighted by Gasteiger charge is -2.23. The van der Waals surface area contributed by atoms with Gasteiger partial charge in [-0.1, -0.05) is 19.1 Å². The zero-order valence-corrected chi connectivity index (χ0v) is 16.6. The standard InChI is InChI=1S/C20H24N4O5/c1-4-23(13-19(25)21-17-7-5-6-8-18(17)29-3)14-20(26)22(2)15-9-11-16(12-10-15)24(27)28/h5-12H,4,13-14H2,1-3H3,(H,21,25). The van der Waals surface area contributed by atoms with Crippen LogP contribution >= 0.6 is 0 Å². The van der Waals surface area contributed by atoms with Crippen LogP contribution in [0.25, 0.3) is 0 Å². The van der Waals surface area contributed by atoms with Gasteiger partial charge < -0.3 is 15.0 Å². The molecule has 29 heavy (non-hydrogen) atoms. The number of amides is 2. The lowest BCUT2D eigenvalue weighted by atomic mass is 10.2. The number of rotatable bonds is 9. The molecule has 2 rings (SSSR count). The third kappa shape index (κ3) is 6.01. The Morgan fingerprint density at radius 2 is 1.76 bits per heavy atom. The van der Waals surface area contributed by atoms with Gasteiger partial charge in [0, 0.05) is 24.9 Å². The highest BCUT2D eigenvalue weighted by Crippen LogP contribution is 2.23. The van der Waals surface area contributed by atoms with Gasteiger partial charge >= 0.3 is 0 Å². The number of hydrogen-bond donors (Lipinski definition) is 1. The monoisotopic (exact) mass is 400 g/mol. The molecule has 0 heterocycles. The topological polar surface area (TPSA) is 105 Å². The molecule has 0 fully saturated rings. The van der Waals surface area contributed by atoms with E-state index >= 15 is 0 Å². The summed E-state index contributed by atoms with van der Waals surface area (Å²) in [4.78, 5) is 38.3. The summed E-state index contributed by atoms with van der Waals surface area (Å²) in [5.41, 5.74) is 1.05. The van der Waals surface area contributed by atoms with Gasteiger partial charge in [0.2, 0.25) is 11.8 Å². The molecule has 2 aromatic carbocycles. The van der Waals surface area contributed by atoms with E-state index in [0.717, 1.165) is 0 Å². The summed E-state index contributed by atoms with van der Waals surface area (Å²) in [5, 5.41) is 13.5. The van der Waals surface area contributed by atoms with Crippen molar-refractivity contribution in [1.82, 2.24) is 4.90 Å². The lowest BCUT2D eigenvalue weighted by Crippen LogP contribution is -2.41. The van der Waals surface area contributed by atoms with E-state index in [1.54, 1.807) is 36.2 Å². The highest BCUT2D eigenvalue weighted by Gasteiger charge is 2.18. The van der Waals surface area contributed by atoms with Crippen molar-refractivity contribution >= 4 is 28.9 Å². The summed E-state index contributed by atoms with van der Waals surface area (Å²) < 4.78 is 5.21. The van der Waals surface area contributed by atoms with Crippen LogP contribution in [0.5, 0.6) is 5.75 Å². The second kappa shape index (κ2) is 10.2. The number of para-hydroxylation sites is 2. The number of carbonyl (C=O) groups is 2. The number of carbonyl (C=O) groups excluding carboxylic acids is 2. The van der Waals surface area contributed by atoms with Gasteiger partial charge in [-0.3, -0.25) is 24.6 Å². The zero-order valence-electron chi connectivity index (χ0n) is 16.6. The van der Waals surface area contributed by atoms with Crippen LogP contribution in [0.3, 0.4) is 0 Å². The number of non-ortho nitro benzene ring substituents is 1. The van der Waals surface area contributed by atoms with E-state index in [1.165, 1.54) is 36.3 Å². The first kappa shape index (κ1) is 21.8. The summed E-state index contributed by atoms with van der Waals surface area (Å²) in [5.74, 6) is 0.0609. The van der Waals surface area contributed by atoms with Gasteiger partial charge in [0.15, 0.2) is 0 Å². The predicted octanol–water partition coefficient (Wildman–Crippen LogP) is 2.53. The molecule has 0 aliphatic carbocycles. The molecule has 1 N–H and O–H groups in total. The fraction of sp³-hybridized carbons (Fsp3) is 0.300. The maximum atomic E-state index is 12.6. The van der Waals surface area contributed by atoms with Gasteiger partial charge in [-0.2, -0.15) is 0 Å². The minimum absolute atomic E-state index is 0.0311. The molecule has 2 aromatic rings. The second-order valence-electron chi connectivity index (χ2n) is 6.28. The minimum atomic E-state index is -0.495. The fourth-order valence-corrected chi connectivity index (χ4v) is 2.66. The molecule has 0 radical (unpaired) electrons. The third-order valence-corrected chi connectivity index (χ3v) is 4.38. The first-order chi connectivity index (χ1) is 13.8. The number of methoxy groups -OCH3 is 1. The molecular weight excluding hydrogens is 376 g/mol. The third-order valence-electron chi connectivity index (χ3n) is 4.38. The maximum absolute atomic E-state index is 12.6. The SMILES string of the molecule is CCN(CC(=O)Nc1ccccc1OC)CC(=O)N(C)c1ccc([N+](=O)[O-])cc1. The highest BCUT2D eigenvalue weighted by atomic mass is 16.6. The Hall–Kier alpha value is -3.46. The number of hydrogen-bond acceptors (Lipinski definition) is 6. The summed E-state index contributed by atoms with van der Waals surface area (Å²) in [7, 11) is 3.11. The van der Waals surface area contributed by atoms with Gasteiger partial charge in [0.05, 0.1) is 30.8 Å². The van der Waals surface area contributed by atoms with Crippen molar-refractivity contribution in [3.63, 3.8) is 0 Å². The van der Waals surface area contributed by atoms with Crippen LogP contribution in [0, 0.1) is 10.1 Å². The highest BCUT2D eigenvalue weighted by molar-refractivity contribution is 5.96. The number of likely N-dealkylation sites (N-methyl/N-ethyl adjacent to an activating group) is 2. The minimum Gasteiger partial charge on any atom is -0.495 e. The van der Waals surface area contributed by atoms with E-state index in [2.05, 4.69) is 5.32 Å². The van der Waals surface area contributed by atoms with Crippen LogP contribution in [-0.4, -0.2) is 55.4 Å². The van der Waals surface area contributed by atoms with Crippen LogP contribution in [0.15, 0.2) is 48.5 Å². The summed E-state index contributed by atoms with van der Waals surface area (Å²) in [6, 6.07) is 12.8. The van der Waals surface area contributed by atoms with Crippen LogP contribution < -0.4 is 15.0 Å². The molecule has 0 aromatic heterocycles. The molecule has 0 unspecified atom stereocenters. The first-order valence-electron chi connectivity index (χ1n) is 9.02. The summed E-state index contributed by atoms with van der Waals surface area (Å²) in [6.07, 6.45) is 0. The van der Waals surface area contributed by atoms with Crippen molar-refractivity contribution in [1.29, 1.82) is 0 Å². The van der Waals surface area contributed by atoms with Gasteiger partial charge in [0.25, 0.3) is 5.69 Å². The molecule has 0 saturated heterocycles. The quantitative estimate of drug-likeness (QED) is 0.512. The molecule has 9 heteroatoms. The van der Waals surface area contributed by atoms with Crippen molar-refractivity contribution in [3.05, 3.63) is 58.6 Å². The number of nitrogens with one attached hydrogen (secondary N) is 1. The summed E-state index contributed by atoms with van der Waals surface area (Å²) >= 11 is 0. The smallest absolute Gasteiger partial charge is 0.269 e. The Labute approximate surface area is 169 Å². The Kier molecular flexibility index (Phi) is 7.67. The average molecular weight is 400 g/mol. The van der Waals surface area contributed by atoms with Crippen molar-refractivity contribution in [2.24, 2.45) is 0 Å². The molecular formula is C20H24N4O5. The Bertz CT molecular complexity index is 869. The number of nitro groups is 1. The lowest BCUT2D eigenvalue weighted by molar-refractivity contribution is -0.384. The maximum Gasteiger partial charge on any atom is 0.269 e. The Morgan fingerprint density at radius 3 is 2.34 bits per heavy atom. The predicted molar refractivity (Wildman–Crippen MR) is 110 cm³/mol. The van der Waals surface area contributed by atoms with E-state index in [-0.39, 0.29) is 30.6 Å². The second-order valence-corrected chi connectivity index (χ2v) is 6.28. The van der Waals surface area contributed by atoms with Crippen LogP contribution in [0.4, 0.5) is 17.1 Å². The van der Waals surface area contributed by atoms with E-state index in [9.17, 15) is 19.7 Å². The molecule has 2 amide bonds. The van der Waals surface area contributed by atoms with E-state index in [0.29, 0.717) is 23.7 Å². The van der Waals surface area contributed by atoms with Crippen molar-refractivity contribution in [2.75, 3.05) is 44.0 Å². The van der Waals surface area contributed by atoms with Crippen molar-refractivity contribution < 1.29 is 19.2 Å². The van der Waals surface area contributed by atoms with E-state index in [1.807, 2.05) is 6.92 Å². The molecule has 0 aliphatic rings. The molecule has 0 aliphatic heterocycles. The Morgan fingerprint density at radius 1 is 1.10 bits per heavy atom. The van der Waals surface area contributed by atoms with Crippen LogP contribution in [0.1, 0.15) is 6.92 Å². The number of nitrogens with zero attached hydrogens (tertiary/aromatic N) is 3. The normalized spacial score (nSPS) is 10.5. The molecule has 0 bridgehead atoms. The summed E-state index contributed by atoms with van der Waals surface area (Å²) in [6.45, 7) is 2.42.